The molecule has 94 valence electrons. The van der Waals surface area contributed by atoms with Gasteiger partial charge in [0.05, 0.1) is 12.2 Å². The van der Waals surface area contributed by atoms with Crippen LogP contribution in [0.25, 0.3) is 0 Å². The van der Waals surface area contributed by atoms with Gasteiger partial charge in [-0.05, 0) is 56.8 Å². The summed E-state index contributed by atoms with van der Waals surface area (Å²) >= 11 is 0. The van der Waals surface area contributed by atoms with E-state index in [-0.39, 0.29) is 6.04 Å². The first-order valence-corrected chi connectivity index (χ1v) is 6.97. The minimum absolute atomic E-state index is 0.273. The summed E-state index contributed by atoms with van der Waals surface area (Å²) in [4.78, 5) is 0. The predicted molar refractivity (Wildman–Crippen MR) is 67.2 cm³/mol. The molecule has 5 atom stereocenters. The minimum atomic E-state index is 0.273. The van der Waals surface area contributed by atoms with E-state index in [2.05, 4.69) is 20.8 Å². The van der Waals surface area contributed by atoms with Gasteiger partial charge in [-0.3, -0.25) is 0 Å². The Kier molecular flexibility index (Phi) is 3.91. The minimum Gasteiger partial charge on any atom is -0.374 e. The second kappa shape index (κ2) is 5.05. The summed E-state index contributed by atoms with van der Waals surface area (Å²) in [5.41, 5.74) is 6.42. The molecule has 16 heavy (non-hydrogen) atoms. The van der Waals surface area contributed by atoms with Gasteiger partial charge in [0, 0.05) is 6.04 Å². The van der Waals surface area contributed by atoms with Gasteiger partial charge in [0.1, 0.15) is 0 Å². The summed E-state index contributed by atoms with van der Waals surface area (Å²) in [6.07, 6.45) is 7.11. The van der Waals surface area contributed by atoms with Crippen LogP contribution in [0.5, 0.6) is 0 Å². The molecule has 2 nitrogen and oxygen atoms in total. The van der Waals surface area contributed by atoms with Gasteiger partial charge in [0.2, 0.25) is 0 Å². The molecule has 0 amide bonds. The standard InChI is InChI=1S/C14H27NO/c1-9-6-10(2)8-12(7-9)14(15)13-5-4-11(3)16-13/h9-14H,4-8,15H2,1-3H3. The monoisotopic (exact) mass is 225 g/mol. The van der Waals surface area contributed by atoms with E-state index in [1.165, 1.54) is 32.1 Å². The fourth-order valence-corrected chi connectivity index (χ4v) is 3.74. The van der Waals surface area contributed by atoms with Crippen LogP contribution in [0.15, 0.2) is 0 Å². The first-order valence-electron chi connectivity index (χ1n) is 6.97. The highest BCUT2D eigenvalue weighted by molar-refractivity contribution is 4.89. The van der Waals surface area contributed by atoms with Crippen molar-refractivity contribution < 1.29 is 4.74 Å². The van der Waals surface area contributed by atoms with E-state index in [1.807, 2.05) is 0 Å². The van der Waals surface area contributed by atoms with Crippen LogP contribution in [0.2, 0.25) is 0 Å². The molecule has 0 aromatic carbocycles. The average molecular weight is 225 g/mol. The fourth-order valence-electron chi connectivity index (χ4n) is 3.74. The van der Waals surface area contributed by atoms with Crippen molar-refractivity contribution in [3.63, 3.8) is 0 Å². The fraction of sp³-hybridized carbons (Fsp3) is 1.00. The summed E-state index contributed by atoms with van der Waals surface area (Å²) in [6, 6.07) is 0.273. The Morgan fingerprint density at radius 2 is 1.62 bits per heavy atom. The number of rotatable bonds is 2. The van der Waals surface area contributed by atoms with Crippen molar-refractivity contribution in [3.8, 4) is 0 Å². The number of nitrogens with two attached hydrogens (primary N) is 1. The van der Waals surface area contributed by atoms with E-state index >= 15 is 0 Å². The van der Waals surface area contributed by atoms with Gasteiger partial charge in [-0.25, -0.2) is 0 Å². The molecule has 1 aliphatic heterocycles. The first-order chi connectivity index (χ1) is 7.56. The lowest BCUT2D eigenvalue weighted by Crippen LogP contribution is -2.44. The molecule has 1 heterocycles. The van der Waals surface area contributed by atoms with Crippen molar-refractivity contribution in [3.05, 3.63) is 0 Å². The Bertz CT molecular complexity index is 221. The number of ether oxygens (including phenoxy) is 1. The maximum Gasteiger partial charge on any atom is 0.0733 e. The van der Waals surface area contributed by atoms with Crippen molar-refractivity contribution in [1.29, 1.82) is 0 Å². The van der Waals surface area contributed by atoms with Gasteiger partial charge >= 0.3 is 0 Å². The molecule has 0 aromatic rings. The topological polar surface area (TPSA) is 35.2 Å². The molecule has 2 rings (SSSR count). The summed E-state index contributed by atoms with van der Waals surface area (Å²) in [5, 5.41) is 0. The number of hydrogen-bond acceptors (Lipinski definition) is 2. The third-order valence-electron chi connectivity index (χ3n) is 4.45. The zero-order chi connectivity index (χ0) is 11.7. The van der Waals surface area contributed by atoms with E-state index in [0.717, 1.165) is 11.8 Å². The average Bonchev–Trinajstić information content (AvgIpc) is 2.62. The molecule has 5 unspecified atom stereocenters. The van der Waals surface area contributed by atoms with Crippen molar-refractivity contribution in [2.24, 2.45) is 23.5 Å². The van der Waals surface area contributed by atoms with Crippen LogP contribution in [-0.4, -0.2) is 18.2 Å². The van der Waals surface area contributed by atoms with Gasteiger partial charge < -0.3 is 10.5 Å². The third-order valence-corrected chi connectivity index (χ3v) is 4.45. The quantitative estimate of drug-likeness (QED) is 0.784. The largest absolute Gasteiger partial charge is 0.374 e. The van der Waals surface area contributed by atoms with Crippen molar-refractivity contribution in [1.82, 2.24) is 0 Å². The van der Waals surface area contributed by atoms with Crippen LogP contribution < -0.4 is 5.73 Å². The van der Waals surface area contributed by atoms with Gasteiger partial charge in [0.25, 0.3) is 0 Å². The summed E-state index contributed by atoms with van der Waals surface area (Å²) in [5.74, 6) is 2.38. The van der Waals surface area contributed by atoms with E-state index < -0.39 is 0 Å². The molecule has 2 fully saturated rings. The molecule has 2 aliphatic rings. The zero-order valence-electron chi connectivity index (χ0n) is 11.0. The van der Waals surface area contributed by atoms with Crippen LogP contribution in [-0.2, 0) is 4.74 Å². The van der Waals surface area contributed by atoms with Gasteiger partial charge in [0.15, 0.2) is 0 Å². The van der Waals surface area contributed by atoms with Crippen LogP contribution in [0.3, 0.4) is 0 Å². The Balaban J connectivity index is 1.90. The lowest BCUT2D eigenvalue weighted by molar-refractivity contribution is 0.0161. The van der Waals surface area contributed by atoms with Gasteiger partial charge in [-0.1, -0.05) is 13.8 Å². The molecule has 2 heteroatoms. The third kappa shape index (κ3) is 2.78. The molecule has 0 aromatic heterocycles. The first kappa shape index (κ1) is 12.4. The second-order valence-corrected chi connectivity index (χ2v) is 6.32. The van der Waals surface area contributed by atoms with Crippen LogP contribution in [0.1, 0.15) is 52.9 Å². The summed E-state index contributed by atoms with van der Waals surface area (Å²) < 4.78 is 5.92. The van der Waals surface area contributed by atoms with Crippen molar-refractivity contribution >= 4 is 0 Å². The summed E-state index contributed by atoms with van der Waals surface area (Å²) in [6.45, 7) is 6.90. The Labute approximate surface area is 99.9 Å². The van der Waals surface area contributed by atoms with Crippen molar-refractivity contribution in [2.75, 3.05) is 0 Å². The molecular formula is C14H27NO. The van der Waals surface area contributed by atoms with E-state index in [4.69, 9.17) is 10.5 Å². The van der Waals surface area contributed by atoms with E-state index in [1.54, 1.807) is 0 Å². The molecule has 0 bridgehead atoms. The Morgan fingerprint density at radius 3 is 2.12 bits per heavy atom. The van der Waals surface area contributed by atoms with E-state index in [9.17, 15) is 0 Å². The highest BCUT2D eigenvalue weighted by Crippen LogP contribution is 2.37. The summed E-state index contributed by atoms with van der Waals surface area (Å²) in [7, 11) is 0. The molecule has 2 N–H and O–H groups in total. The highest BCUT2D eigenvalue weighted by atomic mass is 16.5. The molecular weight excluding hydrogens is 198 g/mol. The Hall–Kier alpha value is -0.0800. The van der Waals surface area contributed by atoms with Crippen molar-refractivity contribution in [2.45, 2.75) is 71.1 Å². The zero-order valence-corrected chi connectivity index (χ0v) is 11.0. The maximum atomic E-state index is 6.42. The maximum absolute atomic E-state index is 6.42. The second-order valence-electron chi connectivity index (χ2n) is 6.32. The van der Waals surface area contributed by atoms with Gasteiger partial charge in [-0.15, -0.1) is 0 Å². The van der Waals surface area contributed by atoms with Gasteiger partial charge in [-0.2, -0.15) is 0 Å². The normalized spacial score (nSPS) is 46.9. The molecule has 0 radical (unpaired) electrons. The van der Waals surface area contributed by atoms with Crippen LogP contribution in [0.4, 0.5) is 0 Å². The molecule has 1 saturated carbocycles. The Morgan fingerprint density at radius 1 is 1.00 bits per heavy atom. The highest BCUT2D eigenvalue weighted by Gasteiger charge is 2.35. The van der Waals surface area contributed by atoms with E-state index in [0.29, 0.717) is 18.1 Å². The van der Waals surface area contributed by atoms with Crippen LogP contribution >= 0.6 is 0 Å². The smallest absolute Gasteiger partial charge is 0.0733 e. The lowest BCUT2D eigenvalue weighted by Gasteiger charge is -2.37. The number of hydrogen-bond donors (Lipinski definition) is 1. The molecule has 0 spiro atoms. The SMILES string of the molecule is CC1CC(C)CC(C(N)C2CCC(C)O2)C1. The predicted octanol–water partition coefficient (Wildman–Crippen LogP) is 2.95. The van der Waals surface area contributed by atoms with Crippen LogP contribution in [0, 0.1) is 17.8 Å². The lowest BCUT2D eigenvalue weighted by atomic mass is 9.73. The molecule has 1 saturated heterocycles. The molecule has 1 aliphatic carbocycles.